The molecule has 0 aliphatic carbocycles. The molecule has 0 spiro atoms. The van der Waals surface area contributed by atoms with Crippen LogP contribution in [0.4, 0.5) is 0 Å². The van der Waals surface area contributed by atoms with Gasteiger partial charge in [-0.15, -0.1) is 0 Å². The standard InChI is InChI=1S/C7H7NO4S.C6H6N2O.C5H5NO/c8-13(11,12)6-3-1-5(2-4-6)7(9)10;7-6(9)5-2-1-3-8-4-5;7-5-3-1-2-4-6-5/h1-4H,(H,9,10)(H2,8,11,12);1-4H,(H2,7,9);1-4H,(H,6,7). The van der Waals surface area contributed by atoms with E-state index in [1.165, 1.54) is 24.4 Å². The molecular weight excluding hydrogens is 400 g/mol. The SMILES string of the molecule is NC(=O)c1cccnc1.NS(=O)(=O)c1ccc(C(=O)O)cc1.O=c1cccc[nH]1. The number of aromatic amines is 1. The second-order valence-electron chi connectivity index (χ2n) is 5.21. The van der Waals surface area contributed by atoms with Gasteiger partial charge in [0.25, 0.3) is 0 Å². The van der Waals surface area contributed by atoms with E-state index in [0.717, 1.165) is 12.1 Å². The number of nitrogens with one attached hydrogen (secondary N) is 1. The van der Waals surface area contributed by atoms with E-state index >= 15 is 0 Å². The van der Waals surface area contributed by atoms with Crippen molar-refractivity contribution in [2.45, 2.75) is 4.90 Å². The fourth-order valence-electron chi connectivity index (χ4n) is 1.67. The minimum atomic E-state index is -3.74. The van der Waals surface area contributed by atoms with Gasteiger partial charge in [0.05, 0.1) is 16.0 Å². The van der Waals surface area contributed by atoms with E-state index in [9.17, 15) is 22.8 Å². The molecule has 0 saturated heterocycles. The number of primary sulfonamides is 1. The molecule has 0 aliphatic heterocycles. The van der Waals surface area contributed by atoms with Crippen molar-refractivity contribution in [1.82, 2.24) is 9.97 Å². The summed E-state index contributed by atoms with van der Waals surface area (Å²) in [6, 6.07) is 12.9. The summed E-state index contributed by atoms with van der Waals surface area (Å²) in [7, 11) is -3.74. The summed E-state index contributed by atoms with van der Waals surface area (Å²) in [6.07, 6.45) is 4.62. The molecule has 1 amide bonds. The molecule has 29 heavy (non-hydrogen) atoms. The predicted octanol–water partition coefficient (Wildman–Crippen LogP) is 0.588. The number of carboxylic acids is 1. The van der Waals surface area contributed by atoms with Crippen LogP contribution in [0.5, 0.6) is 0 Å². The fraction of sp³-hybridized carbons (Fsp3) is 0. The van der Waals surface area contributed by atoms with E-state index in [-0.39, 0.29) is 16.0 Å². The summed E-state index contributed by atoms with van der Waals surface area (Å²) in [5, 5.41) is 13.3. The minimum Gasteiger partial charge on any atom is -0.478 e. The third-order valence-corrected chi connectivity index (χ3v) is 3.99. The lowest BCUT2D eigenvalue weighted by Crippen LogP contribution is -2.12. The Hall–Kier alpha value is -3.83. The number of aromatic nitrogens is 2. The molecule has 11 heteroatoms. The van der Waals surface area contributed by atoms with Gasteiger partial charge in [0.1, 0.15) is 0 Å². The van der Waals surface area contributed by atoms with Gasteiger partial charge in [-0.1, -0.05) is 6.07 Å². The monoisotopic (exact) mass is 418 g/mol. The van der Waals surface area contributed by atoms with E-state index in [0.29, 0.717) is 5.56 Å². The highest BCUT2D eigenvalue weighted by Gasteiger charge is 2.08. The third kappa shape index (κ3) is 9.08. The number of primary amides is 1. The molecule has 1 aromatic carbocycles. The molecule has 10 nitrogen and oxygen atoms in total. The first-order valence-electron chi connectivity index (χ1n) is 7.81. The van der Waals surface area contributed by atoms with Crippen molar-refractivity contribution in [2.24, 2.45) is 10.9 Å². The molecule has 2 heterocycles. The predicted molar refractivity (Wildman–Crippen MR) is 105 cm³/mol. The lowest BCUT2D eigenvalue weighted by atomic mass is 10.2. The maximum atomic E-state index is 10.7. The lowest BCUT2D eigenvalue weighted by molar-refractivity contribution is 0.0696. The van der Waals surface area contributed by atoms with Crippen molar-refractivity contribution in [3.8, 4) is 0 Å². The molecule has 0 bridgehead atoms. The number of hydrogen-bond donors (Lipinski definition) is 4. The van der Waals surface area contributed by atoms with E-state index in [1.807, 2.05) is 0 Å². The molecule has 0 atom stereocenters. The van der Waals surface area contributed by atoms with Gasteiger partial charge >= 0.3 is 5.97 Å². The van der Waals surface area contributed by atoms with Gasteiger partial charge in [-0.3, -0.25) is 14.6 Å². The third-order valence-electron chi connectivity index (χ3n) is 3.06. The van der Waals surface area contributed by atoms with Crippen LogP contribution in [0, 0.1) is 0 Å². The number of sulfonamides is 1. The van der Waals surface area contributed by atoms with Crippen LogP contribution in [0.2, 0.25) is 0 Å². The molecule has 3 rings (SSSR count). The average Bonchev–Trinajstić information content (AvgIpc) is 2.69. The van der Waals surface area contributed by atoms with Crippen LogP contribution in [0.15, 0.2) is 82.9 Å². The normalized spacial score (nSPS) is 9.83. The van der Waals surface area contributed by atoms with Gasteiger partial charge in [-0.05, 0) is 42.5 Å². The summed E-state index contributed by atoms with van der Waals surface area (Å²) >= 11 is 0. The van der Waals surface area contributed by atoms with Gasteiger partial charge in [0.2, 0.25) is 21.5 Å². The van der Waals surface area contributed by atoms with Crippen molar-refractivity contribution in [3.05, 3.63) is 94.7 Å². The zero-order valence-corrected chi connectivity index (χ0v) is 15.7. The topological polar surface area (TPSA) is 186 Å². The van der Waals surface area contributed by atoms with Gasteiger partial charge in [0, 0.05) is 24.7 Å². The Morgan fingerprint density at radius 3 is 1.93 bits per heavy atom. The highest BCUT2D eigenvalue weighted by Crippen LogP contribution is 2.08. The molecule has 2 aromatic heterocycles. The van der Waals surface area contributed by atoms with Gasteiger partial charge in [0.15, 0.2) is 0 Å². The van der Waals surface area contributed by atoms with E-state index in [4.69, 9.17) is 16.0 Å². The molecular formula is C18H18N4O6S. The van der Waals surface area contributed by atoms with Crippen LogP contribution in [0.25, 0.3) is 0 Å². The number of carbonyl (C=O) groups excluding carboxylic acids is 1. The van der Waals surface area contributed by atoms with Gasteiger partial charge in [-0.2, -0.15) is 0 Å². The zero-order valence-electron chi connectivity index (χ0n) is 14.9. The summed E-state index contributed by atoms with van der Waals surface area (Å²) < 4.78 is 21.5. The molecule has 0 saturated carbocycles. The largest absolute Gasteiger partial charge is 0.478 e. The van der Waals surface area contributed by atoms with E-state index in [2.05, 4.69) is 9.97 Å². The quantitative estimate of drug-likeness (QED) is 0.479. The number of nitrogens with two attached hydrogens (primary N) is 2. The summed E-state index contributed by atoms with van der Waals surface area (Å²) in [5.74, 6) is -1.55. The van der Waals surface area contributed by atoms with Crippen LogP contribution in [-0.2, 0) is 10.0 Å². The minimum absolute atomic E-state index is 0.0207. The van der Waals surface area contributed by atoms with Crippen molar-refractivity contribution in [2.75, 3.05) is 0 Å². The lowest BCUT2D eigenvalue weighted by Gasteiger charge is -1.97. The number of aromatic carboxylic acids is 1. The number of carbonyl (C=O) groups is 2. The molecule has 0 radical (unpaired) electrons. The van der Waals surface area contributed by atoms with Crippen LogP contribution >= 0.6 is 0 Å². The second kappa shape index (κ2) is 11.1. The van der Waals surface area contributed by atoms with E-state index in [1.54, 1.807) is 36.7 Å². The molecule has 6 N–H and O–H groups in total. The Bertz CT molecular complexity index is 1080. The Morgan fingerprint density at radius 1 is 0.966 bits per heavy atom. The maximum Gasteiger partial charge on any atom is 0.335 e. The van der Waals surface area contributed by atoms with Crippen LogP contribution in [0.1, 0.15) is 20.7 Å². The smallest absolute Gasteiger partial charge is 0.335 e. The van der Waals surface area contributed by atoms with Gasteiger partial charge in [-0.25, -0.2) is 18.4 Å². The Labute approximate surface area is 165 Å². The number of amides is 1. The first-order chi connectivity index (χ1) is 13.6. The first kappa shape index (κ1) is 23.2. The maximum absolute atomic E-state index is 10.7. The van der Waals surface area contributed by atoms with E-state index < -0.39 is 21.9 Å². The highest BCUT2D eigenvalue weighted by atomic mass is 32.2. The first-order valence-corrected chi connectivity index (χ1v) is 9.35. The van der Waals surface area contributed by atoms with Crippen molar-refractivity contribution < 1.29 is 23.1 Å². The van der Waals surface area contributed by atoms with Crippen LogP contribution in [-0.4, -0.2) is 35.4 Å². The fourth-order valence-corrected chi connectivity index (χ4v) is 2.19. The number of rotatable bonds is 3. The second-order valence-corrected chi connectivity index (χ2v) is 6.77. The Morgan fingerprint density at radius 2 is 1.62 bits per heavy atom. The molecule has 0 aliphatic rings. The summed E-state index contributed by atoms with van der Waals surface area (Å²) in [4.78, 5) is 37.1. The summed E-state index contributed by atoms with van der Waals surface area (Å²) in [5.41, 5.74) is 5.34. The zero-order chi connectivity index (χ0) is 21.9. The van der Waals surface area contributed by atoms with Gasteiger partial charge < -0.3 is 15.8 Å². The van der Waals surface area contributed by atoms with Crippen LogP contribution < -0.4 is 16.4 Å². The summed E-state index contributed by atoms with van der Waals surface area (Å²) in [6.45, 7) is 0. The average molecular weight is 418 g/mol. The molecule has 0 fully saturated rings. The number of H-pyrrole nitrogens is 1. The number of nitrogens with zero attached hydrogens (tertiary/aromatic N) is 1. The van der Waals surface area contributed by atoms with Crippen LogP contribution in [0.3, 0.4) is 0 Å². The van der Waals surface area contributed by atoms with Crippen molar-refractivity contribution in [3.63, 3.8) is 0 Å². The number of hydrogen-bond acceptors (Lipinski definition) is 6. The molecule has 0 unspecified atom stereocenters. The Balaban J connectivity index is 0.000000229. The number of pyridine rings is 2. The highest BCUT2D eigenvalue weighted by molar-refractivity contribution is 7.89. The molecule has 152 valence electrons. The Kier molecular flexibility index (Phi) is 8.89. The molecule has 3 aromatic rings. The van der Waals surface area contributed by atoms with Crippen molar-refractivity contribution >= 4 is 21.9 Å². The van der Waals surface area contributed by atoms with Crippen molar-refractivity contribution in [1.29, 1.82) is 0 Å². The number of carboxylic acid groups (broad SMARTS) is 1. The number of benzene rings is 1.